The van der Waals surface area contributed by atoms with Crippen LogP contribution in [0.5, 0.6) is 0 Å². The number of carbonyl (C=O) groups is 2. The summed E-state index contributed by atoms with van der Waals surface area (Å²) in [5.74, 6) is -0.344. The highest BCUT2D eigenvalue weighted by atomic mass is 32.2. The largest absolute Gasteiger partial charge is 0.462 e. The lowest BCUT2D eigenvalue weighted by molar-refractivity contribution is -0.113. The summed E-state index contributed by atoms with van der Waals surface area (Å²) < 4.78 is 7.18. The Bertz CT molecular complexity index is 768. The minimum absolute atomic E-state index is 0.164. The molecular formula is C18H25N3O3S2. The van der Waals surface area contributed by atoms with Gasteiger partial charge in [0.2, 0.25) is 5.91 Å². The van der Waals surface area contributed by atoms with Crippen LogP contribution in [0.2, 0.25) is 0 Å². The van der Waals surface area contributed by atoms with Crippen molar-refractivity contribution in [3.8, 4) is 0 Å². The number of amides is 1. The number of carbonyl (C=O) groups excluding carboxylic acids is 2. The molecule has 142 valence electrons. The number of rotatable bonds is 9. The Morgan fingerprint density at radius 2 is 2.12 bits per heavy atom. The predicted octanol–water partition coefficient (Wildman–Crippen LogP) is 4.27. The number of esters is 1. The minimum atomic E-state index is -0.418. The van der Waals surface area contributed by atoms with E-state index in [9.17, 15) is 9.59 Å². The molecule has 26 heavy (non-hydrogen) atoms. The second-order valence-corrected chi connectivity index (χ2v) is 7.65. The Morgan fingerprint density at radius 3 is 2.81 bits per heavy atom. The number of hydrogen-bond donors (Lipinski definition) is 1. The molecule has 2 aromatic heterocycles. The van der Waals surface area contributed by atoms with Gasteiger partial charge < -0.3 is 14.6 Å². The number of aryl methyl sites for hydroxylation is 1. The van der Waals surface area contributed by atoms with Gasteiger partial charge >= 0.3 is 5.97 Å². The summed E-state index contributed by atoms with van der Waals surface area (Å²) in [6, 6.07) is 1.66. The highest BCUT2D eigenvalue weighted by molar-refractivity contribution is 7.99. The molecule has 0 aliphatic rings. The Morgan fingerprint density at radius 1 is 1.35 bits per heavy atom. The third kappa shape index (κ3) is 5.11. The lowest BCUT2D eigenvalue weighted by Gasteiger charge is -2.09. The van der Waals surface area contributed by atoms with Crippen LogP contribution >= 0.6 is 23.1 Å². The van der Waals surface area contributed by atoms with Gasteiger partial charge in [-0.3, -0.25) is 4.79 Å². The lowest BCUT2D eigenvalue weighted by atomic mass is 10.3. The van der Waals surface area contributed by atoms with Crippen molar-refractivity contribution < 1.29 is 14.3 Å². The van der Waals surface area contributed by atoms with E-state index in [0.717, 1.165) is 35.9 Å². The van der Waals surface area contributed by atoms with Gasteiger partial charge in [-0.1, -0.05) is 25.1 Å². The Labute approximate surface area is 162 Å². The first-order chi connectivity index (χ1) is 12.5. The number of ether oxygens (including phenoxy) is 1. The molecular weight excluding hydrogens is 370 g/mol. The van der Waals surface area contributed by atoms with Gasteiger partial charge in [-0.25, -0.2) is 9.78 Å². The number of imidazole rings is 1. The van der Waals surface area contributed by atoms with Crippen LogP contribution in [0.4, 0.5) is 5.00 Å². The van der Waals surface area contributed by atoms with E-state index in [4.69, 9.17) is 4.74 Å². The molecule has 0 saturated carbocycles. The number of aromatic nitrogens is 2. The maximum absolute atomic E-state index is 12.3. The van der Waals surface area contributed by atoms with Crippen molar-refractivity contribution in [3.05, 3.63) is 28.4 Å². The summed E-state index contributed by atoms with van der Waals surface area (Å²) in [7, 11) is 0. The number of nitrogens with one attached hydrogen (secondary N) is 1. The molecule has 1 amide bonds. The van der Waals surface area contributed by atoms with Crippen molar-refractivity contribution in [1.29, 1.82) is 0 Å². The zero-order valence-corrected chi connectivity index (χ0v) is 17.3. The van der Waals surface area contributed by atoms with E-state index < -0.39 is 5.97 Å². The summed E-state index contributed by atoms with van der Waals surface area (Å²) in [5, 5.41) is 5.95. The lowest BCUT2D eigenvalue weighted by Crippen LogP contribution is -2.16. The third-order valence-electron chi connectivity index (χ3n) is 3.90. The fraction of sp³-hybridized carbons (Fsp3) is 0.500. The van der Waals surface area contributed by atoms with Gasteiger partial charge in [0.15, 0.2) is 5.16 Å². The van der Waals surface area contributed by atoms with Crippen LogP contribution in [0.3, 0.4) is 0 Å². The quantitative estimate of drug-likeness (QED) is 0.507. The predicted molar refractivity (Wildman–Crippen MR) is 106 cm³/mol. The van der Waals surface area contributed by atoms with Crippen molar-refractivity contribution in [2.24, 2.45) is 0 Å². The molecule has 8 heteroatoms. The monoisotopic (exact) mass is 395 g/mol. The molecule has 2 rings (SSSR count). The number of anilines is 1. The first-order valence-corrected chi connectivity index (χ1v) is 10.5. The molecule has 0 spiro atoms. The smallest absolute Gasteiger partial charge is 0.341 e. The summed E-state index contributed by atoms with van der Waals surface area (Å²) in [6.45, 7) is 9.16. The molecule has 0 aromatic carbocycles. The number of unbranched alkanes of at least 4 members (excludes halogenated alkanes) is 1. The van der Waals surface area contributed by atoms with Gasteiger partial charge in [0, 0.05) is 12.2 Å². The van der Waals surface area contributed by atoms with Crippen LogP contribution in [0, 0.1) is 13.8 Å². The molecule has 2 aromatic rings. The minimum Gasteiger partial charge on any atom is -0.462 e. The average Bonchev–Trinajstić information content (AvgIpc) is 3.17. The van der Waals surface area contributed by atoms with E-state index in [2.05, 4.69) is 28.7 Å². The van der Waals surface area contributed by atoms with Crippen LogP contribution in [-0.2, 0) is 16.1 Å². The van der Waals surface area contributed by atoms with Crippen molar-refractivity contribution in [2.75, 3.05) is 17.7 Å². The number of nitrogens with zero attached hydrogens (tertiary/aromatic N) is 2. The number of thioether (sulfide) groups is 1. The van der Waals surface area contributed by atoms with Gasteiger partial charge in [0.05, 0.1) is 23.6 Å². The van der Waals surface area contributed by atoms with Gasteiger partial charge in [0.25, 0.3) is 0 Å². The van der Waals surface area contributed by atoms with Crippen molar-refractivity contribution in [3.63, 3.8) is 0 Å². The second kappa shape index (κ2) is 9.78. The molecule has 6 nitrogen and oxygen atoms in total. The zero-order chi connectivity index (χ0) is 19.1. The van der Waals surface area contributed by atoms with Crippen molar-refractivity contribution in [2.45, 2.75) is 52.2 Å². The second-order valence-electron chi connectivity index (χ2n) is 5.79. The fourth-order valence-electron chi connectivity index (χ4n) is 2.38. The molecule has 0 radical (unpaired) electrons. The molecule has 2 heterocycles. The molecule has 0 bridgehead atoms. The van der Waals surface area contributed by atoms with E-state index in [-0.39, 0.29) is 11.7 Å². The maximum Gasteiger partial charge on any atom is 0.341 e. The standard InChI is InChI=1S/C18H25N3O3S2/c1-5-7-9-21-13(4)12(3)19-18(21)26-11-15(22)20-16-14(8-10-25-16)17(23)24-6-2/h8,10H,5-7,9,11H2,1-4H3,(H,20,22). The molecule has 1 N–H and O–H groups in total. The molecule has 0 fully saturated rings. The van der Waals surface area contributed by atoms with Gasteiger partial charge in [0.1, 0.15) is 5.00 Å². The SMILES string of the molecule is CCCCn1c(SCC(=O)Nc2sccc2C(=O)OCC)nc(C)c1C. The van der Waals surface area contributed by atoms with E-state index >= 15 is 0 Å². The zero-order valence-electron chi connectivity index (χ0n) is 15.6. The molecule has 0 aliphatic heterocycles. The molecule has 0 unspecified atom stereocenters. The van der Waals surface area contributed by atoms with Crippen molar-refractivity contribution >= 4 is 40.0 Å². The normalized spacial score (nSPS) is 10.8. The molecule has 0 aliphatic carbocycles. The number of hydrogen-bond acceptors (Lipinski definition) is 6. The van der Waals surface area contributed by atoms with E-state index in [1.165, 1.54) is 23.1 Å². The summed E-state index contributed by atoms with van der Waals surface area (Å²) in [6.07, 6.45) is 2.19. The molecule has 0 saturated heterocycles. The van der Waals surface area contributed by atoms with Crippen molar-refractivity contribution in [1.82, 2.24) is 9.55 Å². The van der Waals surface area contributed by atoms with E-state index in [1.807, 2.05) is 6.92 Å². The summed E-state index contributed by atoms with van der Waals surface area (Å²) in [4.78, 5) is 28.8. The average molecular weight is 396 g/mol. The Balaban J connectivity index is 1.99. The highest BCUT2D eigenvalue weighted by Crippen LogP contribution is 2.26. The van der Waals surface area contributed by atoms with Gasteiger partial charge in [-0.05, 0) is 38.6 Å². The van der Waals surface area contributed by atoms with Crippen LogP contribution in [0.15, 0.2) is 16.6 Å². The van der Waals surface area contributed by atoms with Gasteiger partial charge in [-0.15, -0.1) is 11.3 Å². The van der Waals surface area contributed by atoms with Crippen LogP contribution in [-0.4, -0.2) is 33.8 Å². The van der Waals surface area contributed by atoms with Crippen LogP contribution in [0.1, 0.15) is 48.4 Å². The number of thiophene rings is 1. The highest BCUT2D eigenvalue weighted by Gasteiger charge is 2.17. The Hall–Kier alpha value is -1.80. The van der Waals surface area contributed by atoms with E-state index in [0.29, 0.717) is 17.2 Å². The summed E-state index contributed by atoms with van der Waals surface area (Å²) in [5.41, 5.74) is 2.53. The fourth-order valence-corrected chi connectivity index (χ4v) is 4.09. The first kappa shape index (κ1) is 20.5. The van der Waals surface area contributed by atoms with Crippen LogP contribution < -0.4 is 5.32 Å². The third-order valence-corrected chi connectivity index (χ3v) is 5.71. The Kier molecular flexibility index (Phi) is 7.71. The van der Waals surface area contributed by atoms with E-state index in [1.54, 1.807) is 18.4 Å². The first-order valence-electron chi connectivity index (χ1n) is 8.68. The van der Waals surface area contributed by atoms with Gasteiger partial charge in [-0.2, -0.15) is 0 Å². The topological polar surface area (TPSA) is 73.2 Å². The summed E-state index contributed by atoms with van der Waals surface area (Å²) >= 11 is 2.73. The maximum atomic E-state index is 12.3. The molecule has 0 atom stereocenters. The van der Waals surface area contributed by atoms with Crippen LogP contribution in [0.25, 0.3) is 0 Å².